The first kappa shape index (κ1) is 9.54. The number of benzene rings is 2. The zero-order valence-corrected chi connectivity index (χ0v) is 9.58. The predicted octanol–water partition coefficient (Wildman–Crippen LogP) is 2.91. The van der Waals surface area contributed by atoms with Crippen molar-refractivity contribution in [1.29, 1.82) is 0 Å². The molecule has 2 aromatic carbocycles. The van der Waals surface area contributed by atoms with Crippen molar-refractivity contribution in [3.63, 3.8) is 0 Å². The number of halogens is 1. The molecule has 3 rings (SSSR count). The van der Waals surface area contributed by atoms with Gasteiger partial charge in [0.15, 0.2) is 0 Å². The van der Waals surface area contributed by atoms with E-state index < -0.39 is 11.9 Å². The number of esters is 2. The zero-order valence-electron chi connectivity index (χ0n) is 7.99. The summed E-state index contributed by atoms with van der Waals surface area (Å²) in [6, 6.07) is 8.94. The fourth-order valence-electron chi connectivity index (χ4n) is 1.90. The first-order chi connectivity index (χ1) is 7.68. The number of carbonyl (C=O) groups excluding carboxylic acids is 2. The van der Waals surface area contributed by atoms with Crippen LogP contribution in [0.2, 0.25) is 0 Å². The lowest BCUT2D eigenvalue weighted by molar-refractivity contribution is 0.0444. The molecule has 0 aromatic heterocycles. The summed E-state index contributed by atoms with van der Waals surface area (Å²) < 4.78 is 5.48. The van der Waals surface area contributed by atoms with Crippen LogP contribution in [0.5, 0.6) is 0 Å². The highest BCUT2D eigenvalue weighted by Crippen LogP contribution is 2.32. The monoisotopic (exact) mass is 276 g/mol. The van der Waals surface area contributed by atoms with Crippen LogP contribution in [-0.4, -0.2) is 11.9 Å². The van der Waals surface area contributed by atoms with Crippen molar-refractivity contribution in [2.45, 2.75) is 0 Å². The molecule has 1 heterocycles. The Labute approximate surface area is 99.1 Å². The Morgan fingerprint density at radius 3 is 2.56 bits per heavy atom. The molecule has 0 unspecified atom stereocenters. The van der Waals surface area contributed by atoms with Gasteiger partial charge in [0, 0.05) is 4.47 Å². The third kappa shape index (κ3) is 1.13. The lowest BCUT2D eigenvalue weighted by Crippen LogP contribution is -1.97. The first-order valence-electron chi connectivity index (χ1n) is 4.66. The number of fused-ring (bicyclic) bond motifs is 3. The number of cyclic esters (lactones) is 2. The molecule has 78 valence electrons. The molecule has 0 atom stereocenters. The highest BCUT2D eigenvalue weighted by atomic mass is 79.9. The minimum absolute atomic E-state index is 0.343. The van der Waals surface area contributed by atoms with E-state index >= 15 is 0 Å². The second kappa shape index (κ2) is 3.15. The smallest absolute Gasteiger partial charge is 0.347 e. The lowest BCUT2D eigenvalue weighted by atomic mass is 10.0. The van der Waals surface area contributed by atoms with Crippen molar-refractivity contribution in [2.24, 2.45) is 0 Å². The van der Waals surface area contributed by atoms with E-state index in [1.807, 2.05) is 12.1 Å². The number of hydrogen-bond donors (Lipinski definition) is 0. The normalized spacial score (nSPS) is 14.1. The minimum Gasteiger partial charge on any atom is -0.386 e. The quantitative estimate of drug-likeness (QED) is 0.549. The van der Waals surface area contributed by atoms with E-state index in [1.54, 1.807) is 18.2 Å². The van der Waals surface area contributed by atoms with Crippen LogP contribution >= 0.6 is 15.9 Å². The Morgan fingerprint density at radius 2 is 1.75 bits per heavy atom. The summed E-state index contributed by atoms with van der Waals surface area (Å²) in [6.45, 7) is 0. The summed E-state index contributed by atoms with van der Waals surface area (Å²) in [7, 11) is 0. The molecule has 1 aliphatic heterocycles. The minimum atomic E-state index is -0.568. The van der Waals surface area contributed by atoms with Gasteiger partial charge in [0.1, 0.15) is 0 Å². The number of rotatable bonds is 0. The maximum atomic E-state index is 11.5. The summed E-state index contributed by atoms with van der Waals surface area (Å²) in [6.07, 6.45) is 0. The number of ether oxygens (including phenoxy) is 1. The molecule has 0 saturated carbocycles. The maximum Gasteiger partial charge on any atom is 0.347 e. The Hall–Kier alpha value is -1.68. The van der Waals surface area contributed by atoms with Crippen molar-refractivity contribution in [2.75, 3.05) is 0 Å². The molecule has 0 spiro atoms. The highest BCUT2D eigenvalue weighted by molar-refractivity contribution is 9.10. The predicted molar refractivity (Wildman–Crippen MR) is 61.4 cm³/mol. The molecule has 4 heteroatoms. The third-order valence-corrected chi connectivity index (χ3v) is 3.31. The van der Waals surface area contributed by atoms with Crippen LogP contribution < -0.4 is 0 Å². The van der Waals surface area contributed by atoms with Gasteiger partial charge in [-0.25, -0.2) is 9.59 Å². The summed E-state index contributed by atoms with van der Waals surface area (Å²) in [5, 5.41) is 1.63. The number of carbonyl (C=O) groups is 2. The third-order valence-electron chi connectivity index (χ3n) is 2.62. The van der Waals surface area contributed by atoms with Crippen molar-refractivity contribution in [3.05, 3.63) is 45.9 Å². The van der Waals surface area contributed by atoms with Crippen LogP contribution in [0.1, 0.15) is 20.7 Å². The Kier molecular flexibility index (Phi) is 1.88. The van der Waals surface area contributed by atoms with Crippen LogP contribution in [-0.2, 0) is 4.74 Å². The van der Waals surface area contributed by atoms with E-state index in [4.69, 9.17) is 0 Å². The van der Waals surface area contributed by atoms with Gasteiger partial charge in [0.2, 0.25) is 0 Å². The molecular weight excluding hydrogens is 272 g/mol. The summed E-state index contributed by atoms with van der Waals surface area (Å²) in [5.41, 5.74) is 0.708. The summed E-state index contributed by atoms with van der Waals surface area (Å²) in [5.74, 6) is -1.13. The van der Waals surface area contributed by atoms with Crippen LogP contribution in [0, 0.1) is 0 Å². The van der Waals surface area contributed by atoms with Gasteiger partial charge in [-0.15, -0.1) is 0 Å². The van der Waals surface area contributed by atoms with Crippen molar-refractivity contribution < 1.29 is 14.3 Å². The Morgan fingerprint density at radius 1 is 0.938 bits per heavy atom. The van der Waals surface area contributed by atoms with Gasteiger partial charge in [-0.3, -0.25) is 0 Å². The molecule has 2 aromatic rings. The molecule has 0 amide bonds. The van der Waals surface area contributed by atoms with Gasteiger partial charge < -0.3 is 4.74 Å². The highest BCUT2D eigenvalue weighted by Gasteiger charge is 2.31. The molecular formula is C12H5BrO3. The zero-order chi connectivity index (χ0) is 11.3. The van der Waals surface area contributed by atoms with Gasteiger partial charge in [0.05, 0.1) is 11.1 Å². The average Bonchev–Trinajstić information content (AvgIpc) is 2.55. The van der Waals surface area contributed by atoms with Gasteiger partial charge in [-0.05, 0) is 22.9 Å². The average molecular weight is 277 g/mol. The largest absolute Gasteiger partial charge is 0.386 e. The van der Waals surface area contributed by atoms with E-state index in [9.17, 15) is 9.59 Å². The summed E-state index contributed by atoms with van der Waals surface area (Å²) >= 11 is 3.40. The molecule has 0 bridgehead atoms. The van der Waals surface area contributed by atoms with E-state index in [0.29, 0.717) is 11.1 Å². The Balaban J connectivity index is 2.50. The number of hydrogen-bond acceptors (Lipinski definition) is 3. The second-order valence-electron chi connectivity index (χ2n) is 3.50. The van der Waals surface area contributed by atoms with Crippen molar-refractivity contribution in [1.82, 2.24) is 0 Å². The van der Waals surface area contributed by atoms with Crippen LogP contribution in [0.3, 0.4) is 0 Å². The fraction of sp³-hybridized carbons (Fsp3) is 0. The SMILES string of the molecule is O=C1OC(=O)c2c1ccc1c(Br)cccc21. The summed E-state index contributed by atoms with van der Waals surface area (Å²) in [4.78, 5) is 22.9. The standard InChI is InChI=1S/C12H5BrO3/c13-9-3-1-2-7-6(9)4-5-8-10(7)12(15)16-11(8)14/h1-5H. The van der Waals surface area contributed by atoms with Crippen LogP contribution in [0.15, 0.2) is 34.8 Å². The van der Waals surface area contributed by atoms with Crippen LogP contribution in [0.25, 0.3) is 10.8 Å². The van der Waals surface area contributed by atoms with E-state index in [2.05, 4.69) is 20.7 Å². The van der Waals surface area contributed by atoms with Gasteiger partial charge >= 0.3 is 11.9 Å². The molecule has 0 N–H and O–H groups in total. The van der Waals surface area contributed by atoms with Gasteiger partial charge in [0.25, 0.3) is 0 Å². The fourth-order valence-corrected chi connectivity index (χ4v) is 2.40. The van der Waals surface area contributed by atoms with Crippen molar-refractivity contribution >= 4 is 38.6 Å². The molecule has 1 aliphatic rings. The maximum absolute atomic E-state index is 11.5. The lowest BCUT2D eigenvalue weighted by Gasteiger charge is -2.02. The van der Waals surface area contributed by atoms with Crippen LogP contribution in [0.4, 0.5) is 0 Å². The van der Waals surface area contributed by atoms with E-state index in [1.165, 1.54) is 0 Å². The molecule has 0 fully saturated rings. The Bertz CT molecular complexity index is 646. The first-order valence-corrected chi connectivity index (χ1v) is 5.45. The van der Waals surface area contributed by atoms with E-state index in [-0.39, 0.29) is 0 Å². The van der Waals surface area contributed by atoms with E-state index in [0.717, 1.165) is 15.2 Å². The molecule has 3 nitrogen and oxygen atoms in total. The molecule has 0 saturated heterocycles. The topological polar surface area (TPSA) is 43.4 Å². The van der Waals surface area contributed by atoms with Gasteiger partial charge in [-0.1, -0.05) is 34.1 Å². The second-order valence-corrected chi connectivity index (χ2v) is 4.35. The molecule has 0 radical (unpaired) electrons. The molecule has 16 heavy (non-hydrogen) atoms. The molecule has 0 aliphatic carbocycles. The van der Waals surface area contributed by atoms with Gasteiger partial charge in [-0.2, -0.15) is 0 Å². The van der Waals surface area contributed by atoms with Crippen molar-refractivity contribution in [3.8, 4) is 0 Å².